The number of hydrogen-bond acceptors (Lipinski definition) is 6. The van der Waals surface area contributed by atoms with Crippen LogP contribution in [-0.2, 0) is 33.8 Å². The molecule has 4 rings (SSSR count). The van der Waals surface area contributed by atoms with Gasteiger partial charge in [-0.2, -0.15) is 23.5 Å². The first-order chi connectivity index (χ1) is 17.0. The van der Waals surface area contributed by atoms with Crippen molar-refractivity contribution in [3.63, 3.8) is 0 Å². The molecule has 1 aromatic carbocycles. The summed E-state index contributed by atoms with van der Waals surface area (Å²) in [6, 6.07) is 5.42. The molecule has 1 unspecified atom stereocenters. The normalized spacial score (nSPS) is 21.9. The molecule has 0 bridgehead atoms. The van der Waals surface area contributed by atoms with E-state index in [4.69, 9.17) is 14.8 Å². The number of halogens is 4. The van der Waals surface area contributed by atoms with Gasteiger partial charge in [-0.05, 0) is 37.0 Å². The molecule has 13 heteroatoms. The Hall–Kier alpha value is -3.50. The van der Waals surface area contributed by atoms with Crippen LogP contribution < -0.4 is 5.32 Å². The molecule has 0 radical (unpaired) electrons. The van der Waals surface area contributed by atoms with Crippen molar-refractivity contribution in [1.82, 2.24) is 14.8 Å². The van der Waals surface area contributed by atoms with Gasteiger partial charge in [0.1, 0.15) is 30.3 Å². The van der Waals surface area contributed by atoms with E-state index in [-0.39, 0.29) is 41.7 Å². The molecule has 2 aromatic rings. The Bertz CT molecular complexity index is 1220. The van der Waals surface area contributed by atoms with Gasteiger partial charge >= 0.3 is 6.18 Å². The lowest BCUT2D eigenvalue weighted by molar-refractivity contribution is -0.202. The van der Waals surface area contributed by atoms with Crippen molar-refractivity contribution in [2.24, 2.45) is 11.8 Å². The highest BCUT2D eigenvalue weighted by Gasteiger charge is 2.39. The molecule has 0 fully saturated rings. The number of aromatic nitrogens is 2. The van der Waals surface area contributed by atoms with Crippen molar-refractivity contribution in [2.75, 3.05) is 25.6 Å². The van der Waals surface area contributed by atoms with Gasteiger partial charge in [0.2, 0.25) is 5.91 Å². The second kappa shape index (κ2) is 9.87. The third-order valence-corrected chi connectivity index (χ3v) is 6.19. The number of nitriles is 1. The van der Waals surface area contributed by atoms with Crippen molar-refractivity contribution in [3.8, 4) is 6.07 Å². The van der Waals surface area contributed by atoms with Crippen molar-refractivity contribution in [3.05, 3.63) is 46.5 Å². The number of anilines is 1. The van der Waals surface area contributed by atoms with Crippen molar-refractivity contribution in [1.29, 1.82) is 5.26 Å². The molecule has 2 amide bonds. The molecule has 3 atom stereocenters. The van der Waals surface area contributed by atoms with Gasteiger partial charge in [-0.15, -0.1) is 0 Å². The summed E-state index contributed by atoms with van der Waals surface area (Å²) in [5, 5.41) is 17.2. The Morgan fingerprint density at radius 3 is 2.81 bits per heavy atom. The van der Waals surface area contributed by atoms with Crippen LogP contribution in [0.5, 0.6) is 0 Å². The average Bonchev–Trinajstić information content (AvgIpc) is 3.08. The number of rotatable bonds is 5. The highest BCUT2D eigenvalue weighted by Crippen LogP contribution is 2.34. The second-order valence-corrected chi connectivity index (χ2v) is 8.90. The Kier molecular flexibility index (Phi) is 7.01. The second-order valence-electron chi connectivity index (χ2n) is 8.90. The first-order valence-corrected chi connectivity index (χ1v) is 11.1. The van der Waals surface area contributed by atoms with Gasteiger partial charge in [-0.1, -0.05) is 6.92 Å². The van der Waals surface area contributed by atoms with Gasteiger partial charge in [0.25, 0.3) is 5.91 Å². The number of nitrogens with zero attached hydrogens (tertiary/aromatic N) is 4. The molecule has 1 aliphatic heterocycles. The zero-order chi connectivity index (χ0) is 26.2. The molecule has 192 valence electrons. The van der Waals surface area contributed by atoms with Crippen LogP contribution in [0.15, 0.2) is 18.2 Å². The highest BCUT2D eigenvalue weighted by molar-refractivity contribution is 5.96. The van der Waals surface area contributed by atoms with E-state index in [1.807, 2.05) is 6.92 Å². The Labute approximate surface area is 203 Å². The van der Waals surface area contributed by atoms with Crippen molar-refractivity contribution >= 4 is 17.5 Å². The third-order valence-electron chi connectivity index (χ3n) is 6.19. The predicted molar refractivity (Wildman–Crippen MR) is 116 cm³/mol. The summed E-state index contributed by atoms with van der Waals surface area (Å²) in [7, 11) is 1.35. The van der Waals surface area contributed by atoms with Gasteiger partial charge < -0.3 is 10.1 Å². The topological polar surface area (TPSA) is 109 Å². The van der Waals surface area contributed by atoms with Gasteiger partial charge in [-0.25, -0.2) is 9.45 Å². The zero-order valence-corrected chi connectivity index (χ0v) is 19.4. The molecule has 36 heavy (non-hydrogen) atoms. The average molecular weight is 509 g/mol. The molecule has 9 nitrogen and oxygen atoms in total. The Morgan fingerprint density at radius 2 is 2.11 bits per heavy atom. The molecular formula is C23H23F4N5O4. The summed E-state index contributed by atoms with van der Waals surface area (Å²) >= 11 is 0. The van der Waals surface area contributed by atoms with Crippen molar-refractivity contribution in [2.45, 2.75) is 38.6 Å². The van der Waals surface area contributed by atoms with E-state index in [0.717, 1.165) is 11.1 Å². The summed E-state index contributed by atoms with van der Waals surface area (Å²) in [5.74, 6) is -2.28. The maximum atomic E-state index is 13.6. The number of ether oxygens (including phenoxy) is 1. The first-order valence-electron chi connectivity index (χ1n) is 11.1. The van der Waals surface area contributed by atoms with Crippen LogP contribution in [0.2, 0.25) is 0 Å². The van der Waals surface area contributed by atoms with Crippen molar-refractivity contribution < 1.29 is 36.7 Å². The minimum Gasteiger partial charge on any atom is -0.369 e. The predicted octanol–water partition coefficient (Wildman–Crippen LogP) is 2.85. The fourth-order valence-electron chi connectivity index (χ4n) is 4.48. The van der Waals surface area contributed by atoms with Crippen LogP contribution in [0.4, 0.5) is 23.2 Å². The number of amides is 2. The molecule has 0 spiro atoms. The lowest BCUT2D eigenvalue weighted by Gasteiger charge is -2.28. The number of fused-ring (bicyclic) bond motifs is 3. The number of carbonyl (C=O) groups is 2. The number of hydrogen-bond donors (Lipinski definition) is 1. The summed E-state index contributed by atoms with van der Waals surface area (Å²) in [5.41, 5.74) is 1.49. The Morgan fingerprint density at radius 1 is 1.36 bits per heavy atom. The van der Waals surface area contributed by atoms with E-state index in [2.05, 4.69) is 10.4 Å². The number of carbonyl (C=O) groups excluding carboxylic acids is 2. The maximum Gasteiger partial charge on any atom is 0.411 e. The van der Waals surface area contributed by atoms with Gasteiger partial charge in [0.05, 0.1) is 24.4 Å². The van der Waals surface area contributed by atoms with E-state index >= 15 is 0 Å². The molecule has 0 saturated heterocycles. The fourth-order valence-corrected chi connectivity index (χ4v) is 4.48. The summed E-state index contributed by atoms with van der Waals surface area (Å²) in [6.45, 7) is 0.0259. The fraction of sp³-hybridized carbons (Fsp3) is 0.478. The molecule has 0 saturated carbocycles. The lowest BCUT2D eigenvalue weighted by atomic mass is 9.78. The third kappa shape index (κ3) is 5.34. The molecule has 2 aliphatic rings. The van der Waals surface area contributed by atoms with E-state index in [1.165, 1.54) is 23.9 Å². The number of benzene rings is 1. The monoisotopic (exact) mass is 509 g/mol. The van der Waals surface area contributed by atoms with Crippen LogP contribution in [0, 0.1) is 29.0 Å². The molecule has 1 N–H and O–H groups in total. The number of nitrogens with one attached hydrogen (secondary N) is 1. The highest BCUT2D eigenvalue weighted by atomic mass is 19.4. The Balaban J connectivity index is 1.54. The maximum absolute atomic E-state index is 13.6. The molecule has 1 aliphatic carbocycles. The first kappa shape index (κ1) is 25.6. The van der Waals surface area contributed by atoms with Gasteiger partial charge in [-0.3, -0.25) is 19.1 Å². The van der Waals surface area contributed by atoms with E-state index in [9.17, 15) is 27.2 Å². The molecule has 2 heterocycles. The smallest absolute Gasteiger partial charge is 0.369 e. The van der Waals surface area contributed by atoms with Crippen LogP contribution in [0.3, 0.4) is 0 Å². The zero-order valence-electron chi connectivity index (χ0n) is 19.4. The quantitative estimate of drug-likeness (QED) is 0.621. The van der Waals surface area contributed by atoms with Crippen LogP contribution >= 0.6 is 0 Å². The van der Waals surface area contributed by atoms with Crippen LogP contribution in [-0.4, -0.2) is 59.2 Å². The summed E-state index contributed by atoms with van der Waals surface area (Å²) < 4.78 is 57.1. The SMILES string of the molecule is C[C@@H]1Cc2nn3c(c2CC1C(=O)Nc1ccc(F)c(C#N)c1)C(=O)N(C)O[C@H](COCC(F)(F)F)C3. The van der Waals surface area contributed by atoms with E-state index in [1.54, 1.807) is 6.07 Å². The van der Waals surface area contributed by atoms with Gasteiger partial charge in [0, 0.05) is 24.2 Å². The molecular weight excluding hydrogens is 486 g/mol. The number of alkyl halides is 3. The van der Waals surface area contributed by atoms with Crippen LogP contribution in [0.25, 0.3) is 0 Å². The van der Waals surface area contributed by atoms with Crippen LogP contribution in [0.1, 0.15) is 34.2 Å². The van der Waals surface area contributed by atoms with E-state index < -0.39 is 43.1 Å². The minimum absolute atomic E-state index is 0.00592. The lowest BCUT2D eigenvalue weighted by Crippen LogP contribution is -2.36. The molecule has 1 aromatic heterocycles. The standard InChI is InChI=1S/C23H23F4N5O4/c1-12-5-19-17(7-16(12)21(33)29-14-3-4-18(24)13(6-14)8-28)20-22(34)31(2)36-15(9-32(20)30-19)10-35-11-23(25,26)27/h3-4,6,12,15-16H,5,7,9-11H2,1-2H3,(H,29,33)/t12-,15+,16?/m1/s1. The van der Waals surface area contributed by atoms with Gasteiger partial charge in [0.15, 0.2) is 0 Å². The van der Waals surface area contributed by atoms with E-state index in [0.29, 0.717) is 17.7 Å². The summed E-state index contributed by atoms with van der Waals surface area (Å²) in [6.07, 6.45) is -4.78. The summed E-state index contributed by atoms with van der Waals surface area (Å²) in [4.78, 5) is 31.6. The largest absolute Gasteiger partial charge is 0.411 e. The minimum atomic E-state index is -4.49. The number of hydroxylamine groups is 2.